The average molecular weight is 142 g/mol. The van der Waals surface area contributed by atoms with Gasteiger partial charge in [0.2, 0.25) is 0 Å². The van der Waals surface area contributed by atoms with Gasteiger partial charge in [-0.15, -0.1) is 0 Å². The van der Waals surface area contributed by atoms with Gasteiger partial charge in [0.15, 0.2) is 0 Å². The van der Waals surface area contributed by atoms with E-state index in [2.05, 4.69) is 17.1 Å². The number of carbonyl (C=O) groups is 1. The van der Waals surface area contributed by atoms with Crippen LogP contribution >= 0.6 is 0 Å². The third-order valence-corrected chi connectivity index (χ3v) is 1.79. The minimum absolute atomic E-state index is 0.536. The molecule has 1 aliphatic heterocycles. The Labute approximate surface area is 61.4 Å². The normalized spacial score (nSPS) is 28.3. The lowest BCUT2D eigenvalue weighted by Crippen LogP contribution is -2.49. The van der Waals surface area contributed by atoms with E-state index in [0.717, 1.165) is 25.9 Å². The molecule has 0 radical (unpaired) electrons. The first-order valence-electron chi connectivity index (χ1n) is 3.72. The van der Waals surface area contributed by atoms with Gasteiger partial charge in [0.05, 0.1) is 6.54 Å². The SMILES string of the molecule is C[C@H]1CN(CC=O)CCN1. The minimum atomic E-state index is 0.536. The number of carbonyl (C=O) groups excluding carboxylic acids is 1. The largest absolute Gasteiger partial charge is 0.312 e. The Kier molecular flexibility index (Phi) is 2.83. The Balaban J connectivity index is 2.24. The van der Waals surface area contributed by atoms with Gasteiger partial charge in [-0.3, -0.25) is 4.90 Å². The summed E-state index contributed by atoms with van der Waals surface area (Å²) in [5.41, 5.74) is 0. The quantitative estimate of drug-likeness (QED) is 0.526. The highest BCUT2D eigenvalue weighted by Gasteiger charge is 2.13. The summed E-state index contributed by atoms with van der Waals surface area (Å²) >= 11 is 0. The van der Waals surface area contributed by atoms with E-state index in [0.29, 0.717) is 12.6 Å². The molecule has 0 spiro atoms. The van der Waals surface area contributed by atoms with Crippen molar-refractivity contribution >= 4 is 6.29 Å². The van der Waals surface area contributed by atoms with Crippen molar-refractivity contribution in [2.24, 2.45) is 0 Å². The molecule has 58 valence electrons. The summed E-state index contributed by atoms with van der Waals surface area (Å²) < 4.78 is 0. The van der Waals surface area contributed by atoms with Crippen molar-refractivity contribution in [3.05, 3.63) is 0 Å². The first-order valence-corrected chi connectivity index (χ1v) is 3.72. The molecule has 0 aromatic heterocycles. The van der Waals surface area contributed by atoms with Gasteiger partial charge < -0.3 is 10.1 Å². The second-order valence-electron chi connectivity index (χ2n) is 2.78. The van der Waals surface area contributed by atoms with Crippen LogP contribution in [-0.4, -0.2) is 43.4 Å². The van der Waals surface area contributed by atoms with Gasteiger partial charge in [-0.25, -0.2) is 0 Å². The molecule has 0 bridgehead atoms. The predicted molar refractivity (Wildman–Crippen MR) is 40.0 cm³/mol. The lowest BCUT2D eigenvalue weighted by Gasteiger charge is -2.30. The fraction of sp³-hybridized carbons (Fsp3) is 0.857. The summed E-state index contributed by atoms with van der Waals surface area (Å²) in [6, 6.07) is 0.536. The van der Waals surface area contributed by atoms with E-state index >= 15 is 0 Å². The fourth-order valence-electron chi connectivity index (χ4n) is 1.28. The van der Waals surface area contributed by atoms with Crippen molar-refractivity contribution < 1.29 is 4.79 Å². The van der Waals surface area contributed by atoms with Crippen molar-refractivity contribution in [3.8, 4) is 0 Å². The predicted octanol–water partition coefficient (Wildman–Crippen LogP) is -0.521. The molecule has 0 unspecified atom stereocenters. The van der Waals surface area contributed by atoms with E-state index in [1.807, 2.05) is 0 Å². The van der Waals surface area contributed by atoms with Crippen molar-refractivity contribution in [2.45, 2.75) is 13.0 Å². The zero-order valence-corrected chi connectivity index (χ0v) is 6.34. The average Bonchev–Trinajstić information content (AvgIpc) is 1.88. The number of hydrogen-bond acceptors (Lipinski definition) is 3. The number of hydrogen-bond donors (Lipinski definition) is 1. The lowest BCUT2D eigenvalue weighted by atomic mass is 10.2. The molecule has 1 fully saturated rings. The van der Waals surface area contributed by atoms with E-state index in [4.69, 9.17) is 0 Å². The van der Waals surface area contributed by atoms with Gasteiger partial charge in [-0.2, -0.15) is 0 Å². The zero-order chi connectivity index (χ0) is 7.40. The Hall–Kier alpha value is -0.410. The molecule has 1 N–H and O–H groups in total. The van der Waals surface area contributed by atoms with Gasteiger partial charge in [0, 0.05) is 25.7 Å². The van der Waals surface area contributed by atoms with Gasteiger partial charge in [-0.05, 0) is 6.92 Å². The number of nitrogens with zero attached hydrogens (tertiary/aromatic N) is 1. The van der Waals surface area contributed by atoms with E-state index in [1.165, 1.54) is 0 Å². The molecule has 0 aliphatic carbocycles. The molecule has 0 amide bonds. The summed E-state index contributed by atoms with van der Waals surface area (Å²) in [4.78, 5) is 12.3. The molecule has 1 atom stereocenters. The third-order valence-electron chi connectivity index (χ3n) is 1.79. The van der Waals surface area contributed by atoms with Crippen molar-refractivity contribution in [3.63, 3.8) is 0 Å². The van der Waals surface area contributed by atoms with Crippen LogP contribution in [0.3, 0.4) is 0 Å². The van der Waals surface area contributed by atoms with Crippen molar-refractivity contribution in [2.75, 3.05) is 26.2 Å². The molecule has 1 aliphatic rings. The second-order valence-corrected chi connectivity index (χ2v) is 2.78. The molecular formula is C7H14N2O. The van der Waals surface area contributed by atoms with Crippen LogP contribution in [0.2, 0.25) is 0 Å². The maximum absolute atomic E-state index is 10.1. The number of aldehydes is 1. The zero-order valence-electron chi connectivity index (χ0n) is 6.34. The van der Waals surface area contributed by atoms with Crippen LogP contribution < -0.4 is 5.32 Å². The molecule has 0 saturated carbocycles. The van der Waals surface area contributed by atoms with E-state index in [9.17, 15) is 4.79 Å². The molecule has 1 saturated heterocycles. The Bertz CT molecular complexity index is 116. The summed E-state index contributed by atoms with van der Waals surface area (Å²) in [5, 5.41) is 3.31. The Morgan fingerprint density at radius 2 is 2.60 bits per heavy atom. The topological polar surface area (TPSA) is 32.3 Å². The number of piperazine rings is 1. The van der Waals surface area contributed by atoms with Crippen LogP contribution in [0.5, 0.6) is 0 Å². The summed E-state index contributed by atoms with van der Waals surface area (Å²) in [6.07, 6.45) is 0.970. The summed E-state index contributed by atoms with van der Waals surface area (Å²) in [6.45, 7) is 5.74. The first-order chi connectivity index (χ1) is 4.83. The molecule has 1 heterocycles. The molecule has 0 aromatic rings. The molecule has 3 heteroatoms. The monoisotopic (exact) mass is 142 g/mol. The van der Waals surface area contributed by atoms with E-state index in [-0.39, 0.29) is 0 Å². The van der Waals surface area contributed by atoms with Crippen LogP contribution in [0.1, 0.15) is 6.92 Å². The van der Waals surface area contributed by atoms with Gasteiger partial charge >= 0.3 is 0 Å². The van der Waals surface area contributed by atoms with Gasteiger partial charge in [0.1, 0.15) is 6.29 Å². The Morgan fingerprint density at radius 3 is 3.20 bits per heavy atom. The molecule has 1 rings (SSSR count). The van der Waals surface area contributed by atoms with Crippen molar-refractivity contribution in [1.82, 2.24) is 10.2 Å². The van der Waals surface area contributed by atoms with Crippen LogP contribution in [-0.2, 0) is 4.79 Å². The van der Waals surface area contributed by atoms with E-state index < -0.39 is 0 Å². The molecular weight excluding hydrogens is 128 g/mol. The third kappa shape index (κ3) is 2.08. The Morgan fingerprint density at radius 1 is 1.80 bits per heavy atom. The number of rotatable bonds is 2. The second kappa shape index (κ2) is 3.68. The van der Waals surface area contributed by atoms with Gasteiger partial charge in [0.25, 0.3) is 0 Å². The van der Waals surface area contributed by atoms with Crippen LogP contribution in [0, 0.1) is 0 Å². The standard InChI is InChI=1S/C7H14N2O/c1-7-6-9(4-5-10)3-2-8-7/h5,7-8H,2-4,6H2,1H3/t7-/m0/s1. The highest BCUT2D eigenvalue weighted by Crippen LogP contribution is 1.95. The minimum Gasteiger partial charge on any atom is -0.312 e. The van der Waals surface area contributed by atoms with Gasteiger partial charge in [-0.1, -0.05) is 0 Å². The fourth-order valence-corrected chi connectivity index (χ4v) is 1.28. The van der Waals surface area contributed by atoms with Crippen LogP contribution in [0.4, 0.5) is 0 Å². The maximum atomic E-state index is 10.1. The van der Waals surface area contributed by atoms with E-state index in [1.54, 1.807) is 0 Å². The lowest BCUT2D eigenvalue weighted by molar-refractivity contribution is -0.109. The van der Waals surface area contributed by atoms with Crippen LogP contribution in [0.25, 0.3) is 0 Å². The summed E-state index contributed by atoms with van der Waals surface area (Å²) in [7, 11) is 0. The highest BCUT2D eigenvalue weighted by atomic mass is 16.1. The highest BCUT2D eigenvalue weighted by molar-refractivity contribution is 5.51. The molecule has 10 heavy (non-hydrogen) atoms. The number of nitrogens with one attached hydrogen (secondary N) is 1. The maximum Gasteiger partial charge on any atom is 0.133 e. The first kappa shape index (κ1) is 7.69. The van der Waals surface area contributed by atoms with Crippen LogP contribution in [0.15, 0.2) is 0 Å². The summed E-state index contributed by atoms with van der Waals surface area (Å²) in [5.74, 6) is 0. The molecule has 3 nitrogen and oxygen atoms in total. The van der Waals surface area contributed by atoms with Crippen molar-refractivity contribution in [1.29, 1.82) is 0 Å². The smallest absolute Gasteiger partial charge is 0.133 e. The molecule has 0 aromatic carbocycles.